The number of halogens is 3. The summed E-state index contributed by atoms with van der Waals surface area (Å²) >= 11 is 9.53. The summed E-state index contributed by atoms with van der Waals surface area (Å²) in [5, 5.41) is 10.9. The maximum absolute atomic E-state index is 13.9. The Bertz CT molecular complexity index is 1410. The van der Waals surface area contributed by atoms with Gasteiger partial charge >= 0.3 is 5.97 Å². The molecule has 0 spiro atoms. The van der Waals surface area contributed by atoms with Gasteiger partial charge in [-0.1, -0.05) is 29.8 Å². The van der Waals surface area contributed by atoms with Crippen LogP contribution >= 0.6 is 27.5 Å². The molecule has 0 amide bonds. The lowest BCUT2D eigenvalue weighted by atomic mass is 10.1. The summed E-state index contributed by atoms with van der Waals surface area (Å²) in [5.74, 6) is -0.475. The van der Waals surface area contributed by atoms with E-state index in [1.807, 2.05) is 0 Å². The van der Waals surface area contributed by atoms with Gasteiger partial charge in [-0.15, -0.1) is 0 Å². The fourth-order valence-corrected chi connectivity index (χ4v) is 4.03. The fraction of sp³-hybridized carbons (Fsp3) is 0.0833. The summed E-state index contributed by atoms with van der Waals surface area (Å²) in [7, 11) is 1.45. The molecule has 0 N–H and O–H groups in total. The number of non-ortho nitro benzene ring substituents is 1. The number of carbonyl (C=O) groups excluding carboxylic acids is 1. The fourth-order valence-electron chi connectivity index (χ4n) is 3.20. The van der Waals surface area contributed by atoms with Gasteiger partial charge in [0, 0.05) is 17.7 Å². The van der Waals surface area contributed by atoms with Gasteiger partial charge in [0.25, 0.3) is 5.69 Å². The van der Waals surface area contributed by atoms with Gasteiger partial charge in [-0.2, -0.15) is 0 Å². The molecule has 0 atom stereocenters. The average Bonchev–Trinajstić information content (AvgIpc) is 3.18. The summed E-state index contributed by atoms with van der Waals surface area (Å²) in [4.78, 5) is 26.9. The van der Waals surface area contributed by atoms with Crippen LogP contribution in [-0.2, 0) is 16.1 Å². The molecule has 0 bridgehead atoms. The van der Waals surface area contributed by atoms with Gasteiger partial charge in [0.15, 0.2) is 17.2 Å². The van der Waals surface area contributed by atoms with E-state index in [1.165, 1.54) is 31.4 Å². The molecule has 1 heterocycles. The number of aliphatic imine (C=N–C) groups is 1. The van der Waals surface area contributed by atoms with Crippen LogP contribution in [0, 0.1) is 15.9 Å². The van der Waals surface area contributed by atoms with Crippen LogP contribution in [0.3, 0.4) is 0 Å². The molecular formula is C24H15BrClFN2O6. The molecule has 0 saturated heterocycles. The average molecular weight is 562 g/mol. The van der Waals surface area contributed by atoms with Crippen molar-refractivity contribution in [1.29, 1.82) is 0 Å². The molecule has 178 valence electrons. The van der Waals surface area contributed by atoms with E-state index < -0.39 is 10.9 Å². The summed E-state index contributed by atoms with van der Waals surface area (Å²) in [6.45, 7) is -0.0158. The molecule has 1 aliphatic rings. The molecule has 0 aliphatic carbocycles. The van der Waals surface area contributed by atoms with E-state index in [2.05, 4.69) is 20.9 Å². The van der Waals surface area contributed by atoms with Gasteiger partial charge in [0.1, 0.15) is 12.4 Å². The number of nitro benzene ring substituents is 1. The number of hydrogen-bond donors (Lipinski definition) is 0. The van der Waals surface area contributed by atoms with Crippen LogP contribution in [0.4, 0.5) is 10.1 Å². The third-order valence-electron chi connectivity index (χ3n) is 4.90. The highest BCUT2D eigenvalue weighted by Crippen LogP contribution is 2.38. The van der Waals surface area contributed by atoms with Crippen molar-refractivity contribution in [2.75, 3.05) is 7.11 Å². The van der Waals surface area contributed by atoms with Gasteiger partial charge in [-0.3, -0.25) is 10.1 Å². The van der Waals surface area contributed by atoms with Crippen LogP contribution < -0.4 is 9.47 Å². The lowest BCUT2D eigenvalue weighted by Crippen LogP contribution is -2.06. The predicted octanol–water partition coefficient (Wildman–Crippen LogP) is 6.08. The van der Waals surface area contributed by atoms with Gasteiger partial charge < -0.3 is 14.2 Å². The van der Waals surface area contributed by atoms with Gasteiger partial charge in [-0.05, 0) is 51.8 Å². The molecule has 4 rings (SSSR count). The first-order chi connectivity index (χ1) is 16.8. The molecule has 35 heavy (non-hydrogen) atoms. The van der Waals surface area contributed by atoms with Crippen molar-refractivity contribution in [3.8, 4) is 11.5 Å². The minimum Gasteiger partial charge on any atom is -0.493 e. The molecule has 11 heteroatoms. The number of esters is 1. The molecule has 0 unspecified atom stereocenters. The first kappa shape index (κ1) is 24.4. The zero-order chi connectivity index (χ0) is 25.1. The number of hydrogen-bond acceptors (Lipinski definition) is 7. The van der Waals surface area contributed by atoms with E-state index in [0.717, 1.165) is 6.07 Å². The second-order valence-corrected chi connectivity index (χ2v) is 8.43. The van der Waals surface area contributed by atoms with E-state index in [1.54, 1.807) is 30.3 Å². The number of methoxy groups -OCH3 is 1. The number of rotatable bonds is 7. The van der Waals surface area contributed by atoms with Gasteiger partial charge in [-0.25, -0.2) is 14.2 Å². The van der Waals surface area contributed by atoms with Crippen LogP contribution in [0.1, 0.15) is 16.7 Å². The van der Waals surface area contributed by atoms with Crippen LogP contribution in [0.5, 0.6) is 11.5 Å². The number of carbonyl (C=O) groups is 1. The Morgan fingerprint density at radius 2 is 2.00 bits per heavy atom. The monoisotopic (exact) mass is 560 g/mol. The van der Waals surface area contributed by atoms with Crippen LogP contribution in [-0.4, -0.2) is 23.9 Å². The zero-order valence-corrected chi connectivity index (χ0v) is 20.3. The molecule has 3 aromatic rings. The van der Waals surface area contributed by atoms with Crippen LogP contribution in [0.15, 0.2) is 69.8 Å². The summed E-state index contributed by atoms with van der Waals surface area (Å²) in [6.07, 6.45) is 1.47. The minimum atomic E-state index is -0.718. The van der Waals surface area contributed by atoms with E-state index in [9.17, 15) is 19.3 Å². The summed E-state index contributed by atoms with van der Waals surface area (Å²) in [6, 6.07) is 13.3. The highest BCUT2D eigenvalue weighted by molar-refractivity contribution is 9.10. The van der Waals surface area contributed by atoms with Gasteiger partial charge in [0.2, 0.25) is 5.90 Å². The minimum absolute atomic E-state index is 0.0107. The van der Waals surface area contributed by atoms with Crippen molar-refractivity contribution in [3.63, 3.8) is 0 Å². The molecule has 0 radical (unpaired) electrons. The first-order valence-corrected chi connectivity index (χ1v) is 11.1. The number of ether oxygens (including phenoxy) is 3. The van der Waals surface area contributed by atoms with E-state index in [4.69, 9.17) is 25.8 Å². The Balaban J connectivity index is 1.61. The number of cyclic esters (lactones) is 1. The van der Waals surface area contributed by atoms with E-state index in [0.29, 0.717) is 27.1 Å². The third kappa shape index (κ3) is 5.33. The van der Waals surface area contributed by atoms with Crippen LogP contribution in [0.25, 0.3) is 6.08 Å². The molecular weight excluding hydrogens is 547 g/mol. The molecule has 3 aromatic carbocycles. The Morgan fingerprint density at radius 1 is 1.23 bits per heavy atom. The zero-order valence-electron chi connectivity index (χ0n) is 18.0. The van der Waals surface area contributed by atoms with Crippen molar-refractivity contribution in [2.24, 2.45) is 4.99 Å². The second kappa shape index (κ2) is 10.2. The lowest BCUT2D eigenvalue weighted by molar-refractivity contribution is -0.384. The Labute approximate surface area is 211 Å². The number of nitro groups is 1. The molecule has 0 saturated carbocycles. The molecule has 1 aliphatic heterocycles. The predicted molar refractivity (Wildman–Crippen MR) is 130 cm³/mol. The van der Waals surface area contributed by atoms with Crippen molar-refractivity contribution in [2.45, 2.75) is 6.61 Å². The summed E-state index contributed by atoms with van der Waals surface area (Å²) in [5.41, 5.74) is 0.952. The van der Waals surface area contributed by atoms with Crippen molar-refractivity contribution in [1.82, 2.24) is 0 Å². The number of benzene rings is 3. The second-order valence-electron chi connectivity index (χ2n) is 7.17. The maximum atomic E-state index is 13.9. The topological polar surface area (TPSA) is 100 Å². The Hall–Kier alpha value is -3.76. The normalized spacial score (nSPS) is 14.0. The third-order valence-corrected chi connectivity index (χ3v) is 5.80. The highest BCUT2D eigenvalue weighted by Gasteiger charge is 2.27. The van der Waals surface area contributed by atoms with Crippen molar-refractivity contribution < 1.29 is 28.3 Å². The first-order valence-electron chi connectivity index (χ1n) is 9.97. The molecule has 0 aromatic heterocycles. The Morgan fingerprint density at radius 3 is 2.69 bits per heavy atom. The summed E-state index contributed by atoms with van der Waals surface area (Å²) < 4.78 is 30.8. The van der Waals surface area contributed by atoms with E-state index >= 15 is 0 Å². The van der Waals surface area contributed by atoms with E-state index in [-0.39, 0.29) is 40.3 Å². The maximum Gasteiger partial charge on any atom is 0.363 e. The van der Waals surface area contributed by atoms with Gasteiger partial charge in [0.05, 0.1) is 27.1 Å². The SMILES string of the molecule is COc1cc(/C=C2\N=C(c3ccc([N+](=O)[O-])cc3Cl)OC2=O)cc(Br)c1OCc1ccccc1F. The Kier molecular flexibility index (Phi) is 7.13. The largest absolute Gasteiger partial charge is 0.493 e. The standard InChI is InChI=1S/C24H15BrClFN2O6/c1-33-21-10-13(8-17(25)22(21)34-12-14-4-2-3-5-19(14)27)9-20-24(30)35-23(28-20)16-7-6-15(29(31)32)11-18(16)26/h2-11H,12H2,1H3/b20-9-. The smallest absolute Gasteiger partial charge is 0.363 e. The molecule has 8 nitrogen and oxygen atoms in total. The highest BCUT2D eigenvalue weighted by atomic mass is 79.9. The number of nitrogens with zero attached hydrogens (tertiary/aromatic N) is 2. The van der Waals surface area contributed by atoms with Crippen LogP contribution in [0.2, 0.25) is 5.02 Å². The lowest BCUT2D eigenvalue weighted by Gasteiger charge is -2.14. The van der Waals surface area contributed by atoms with Crippen molar-refractivity contribution in [3.05, 3.63) is 102 Å². The quantitative estimate of drug-likeness (QED) is 0.150. The molecule has 0 fully saturated rings. The van der Waals surface area contributed by atoms with Crippen molar-refractivity contribution >= 4 is 51.2 Å².